The predicted molar refractivity (Wildman–Crippen MR) is 126 cm³/mol. The van der Waals surface area contributed by atoms with Crippen LogP contribution in [0.25, 0.3) is 5.70 Å². The Bertz CT molecular complexity index is 913. The number of pyridine rings is 1. The van der Waals surface area contributed by atoms with Crippen LogP contribution in [0.3, 0.4) is 0 Å². The van der Waals surface area contributed by atoms with Crippen molar-refractivity contribution in [1.29, 1.82) is 0 Å². The first kappa shape index (κ1) is 26.4. The van der Waals surface area contributed by atoms with Crippen molar-refractivity contribution in [2.24, 2.45) is 22.5 Å². The van der Waals surface area contributed by atoms with Gasteiger partial charge in [0, 0.05) is 12.7 Å². The highest BCUT2D eigenvalue weighted by molar-refractivity contribution is 5.88. The molecule has 182 valence electrons. The van der Waals surface area contributed by atoms with Gasteiger partial charge in [0.25, 0.3) is 0 Å². The second kappa shape index (κ2) is 11.9. The molecule has 1 aliphatic rings. The average Bonchev–Trinajstić information content (AvgIpc) is 2.75. The van der Waals surface area contributed by atoms with E-state index in [-0.39, 0.29) is 18.2 Å². The van der Waals surface area contributed by atoms with Crippen LogP contribution in [-0.4, -0.2) is 35.7 Å². The maximum Gasteiger partial charge on any atom is 0.432 e. The molecule has 0 spiro atoms. The van der Waals surface area contributed by atoms with E-state index in [4.69, 9.17) is 16.3 Å². The number of hydrogen-bond donors (Lipinski definition) is 2. The molecule has 1 aromatic rings. The van der Waals surface area contributed by atoms with Crippen molar-refractivity contribution >= 4 is 11.6 Å². The van der Waals surface area contributed by atoms with E-state index in [0.717, 1.165) is 12.1 Å². The first-order valence-electron chi connectivity index (χ1n) is 11.1. The number of ether oxygens (including phenoxy) is 1. The highest BCUT2D eigenvalue weighted by Crippen LogP contribution is 2.28. The Hall–Kier alpha value is -2.81. The first-order chi connectivity index (χ1) is 15.5. The molecule has 4 N–H and O–H groups in total. The molecular formula is C24H34F3N5O. The topological polar surface area (TPSA) is 89.8 Å². The van der Waals surface area contributed by atoms with Crippen molar-refractivity contribution in [3.8, 4) is 0 Å². The molecule has 1 fully saturated rings. The molecule has 6 nitrogen and oxygen atoms in total. The zero-order chi connectivity index (χ0) is 24.6. The lowest BCUT2D eigenvalue weighted by molar-refractivity contribution is -0.0920. The summed E-state index contributed by atoms with van der Waals surface area (Å²) in [6.07, 6.45) is 5.55. The Morgan fingerprint density at radius 2 is 1.97 bits per heavy atom. The SMILES string of the molecule is C=C(/N=C(\C=C/C)OC/C(=C(/N)c1ccc(CC2CCCCC2)c(C)n1)N(C)N)C(F)(F)F. The van der Waals surface area contributed by atoms with Gasteiger partial charge in [0.1, 0.15) is 12.3 Å². The van der Waals surface area contributed by atoms with Crippen molar-refractivity contribution in [3.05, 3.63) is 59.2 Å². The Morgan fingerprint density at radius 3 is 2.52 bits per heavy atom. The van der Waals surface area contributed by atoms with Gasteiger partial charge in [0.15, 0.2) is 0 Å². The molecule has 0 aliphatic heterocycles. The molecule has 0 saturated heterocycles. The van der Waals surface area contributed by atoms with Crippen molar-refractivity contribution in [2.45, 2.75) is 58.5 Å². The summed E-state index contributed by atoms with van der Waals surface area (Å²) in [5.41, 5.74) is 8.34. The highest BCUT2D eigenvalue weighted by Gasteiger charge is 2.32. The van der Waals surface area contributed by atoms with E-state index in [9.17, 15) is 13.2 Å². The summed E-state index contributed by atoms with van der Waals surface area (Å²) in [5, 5.41) is 1.26. The van der Waals surface area contributed by atoms with Gasteiger partial charge in [-0.15, -0.1) is 0 Å². The van der Waals surface area contributed by atoms with E-state index in [2.05, 4.69) is 16.6 Å². The van der Waals surface area contributed by atoms with Crippen LogP contribution in [0.1, 0.15) is 56.0 Å². The van der Waals surface area contributed by atoms with Crippen molar-refractivity contribution < 1.29 is 17.9 Å². The van der Waals surface area contributed by atoms with E-state index in [1.54, 1.807) is 14.0 Å². The number of aryl methyl sites for hydroxylation is 1. The minimum absolute atomic E-state index is 0.197. The Morgan fingerprint density at radius 1 is 1.30 bits per heavy atom. The van der Waals surface area contributed by atoms with Gasteiger partial charge in [-0.25, -0.2) is 10.8 Å². The molecule has 0 radical (unpaired) electrons. The average molecular weight is 466 g/mol. The normalized spacial score (nSPS) is 16.6. The van der Waals surface area contributed by atoms with Crippen LogP contribution >= 0.6 is 0 Å². The zero-order valence-corrected chi connectivity index (χ0v) is 19.6. The van der Waals surface area contributed by atoms with Crippen LogP contribution < -0.4 is 11.6 Å². The number of allylic oxidation sites excluding steroid dienone is 2. The molecule has 1 aliphatic carbocycles. The third-order valence-corrected chi connectivity index (χ3v) is 5.68. The smallest absolute Gasteiger partial charge is 0.432 e. The van der Waals surface area contributed by atoms with Crippen LogP contribution in [0.4, 0.5) is 13.2 Å². The van der Waals surface area contributed by atoms with E-state index >= 15 is 0 Å². The molecule has 1 saturated carbocycles. The van der Waals surface area contributed by atoms with Gasteiger partial charge in [-0.3, -0.25) is 4.98 Å². The summed E-state index contributed by atoms with van der Waals surface area (Å²) in [6, 6.07) is 3.88. The first-order valence-corrected chi connectivity index (χ1v) is 11.1. The molecule has 1 heterocycles. The van der Waals surface area contributed by atoms with Crippen LogP contribution in [0.5, 0.6) is 0 Å². The number of rotatable bonds is 8. The lowest BCUT2D eigenvalue weighted by atomic mass is 9.84. The Kier molecular flexibility index (Phi) is 9.52. The lowest BCUT2D eigenvalue weighted by Gasteiger charge is -2.23. The maximum atomic E-state index is 12.8. The molecule has 0 unspecified atom stereocenters. The maximum absolute atomic E-state index is 12.8. The molecule has 0 bridgehead atoms. The number of nitrogens with two attached hydrogens (primary N) is 2. The van der Waals surface area contributed by atoms with Gasteiger partial charge in [-0.05, 0) is 43.9 Å². The summed E-state index contributed by atoms with van der Waals surface area (Å²) in [6.45, 7) is 6.34. The van der Waals surface area contributed by atoms with Gasteiger partial charge >= 0.3 is 6.18 Å². The summed E-state index contributed by atoms with van der Waals surface area (Å²) < 4.78 is 43.9. The summed E-state index contributed by atoms with van der Waals surface area (Å²) in [5.74, 6) is 6.37. The standard InChI is InChI=1S/C24H34F3N5O/c1-5-9-22(31-17(3)24(25,26)27)33-15-21(32(4)29)23(28)20-13-12-19(16(2)30-20)14-18-10-7-6-8-11-18/h5,9,12-13,18H,3,6-8,10-11,14-15,28-29H2,1-2,4H3/b9-5-,23-21-,31-22+. The lowest BCUT2D eigenvalue weighted by Crippen LogP contribution is -2.31. The summed E-state index contributed by atoms with van der Waals surface area (Å²) >= 11 is 0. The molecule has 0 atom stereocenters. The van der Waals surface area contributed by atoms with Crippen LogP contribution in [0.15, 0.2) is 47.3 Å². The minimum Gasteiger partial charge on any atom is -0.471 e. The van der Waals surface area contributed by atoms with E-state index in [1.165, 1.54) is 54.8 Å². The molecule has 33 heavy (non-hydrogen) atoms. The largest absolute Gasteiger partial charge is 0.471 e. The van der Waals surface area contributed by atoms with Crippen LogP contribution in [0.2, 0.25) is 0 Å². The number of aromatic nitrogens is 1. The van der Waals surface area contributed by atoms with Gasteiger partial charge in [-0.2, -0.15) is 13.2 Å². The second-order valence-electron chi connectivity index (χ2n) is 8.30. The van der Waals surface area contributed by atoms with E-state index in [1.807, 2.05) is 19.1 Å². The molecule has 0 aromatic carbocycles. The van der Waals surface area contributed by atoms with Crippen LogP contribution in [-0.2, 0) is 11.2 Å². The number of hydrogen-bond acceptors (Lipinski definition) is 6. The number of alkyl halides is 3. The molecule has 9 heteroatoms. The number of aliphatic imine (C=N–C) groups is 1. The zero-order valence-electron chi connectivity index (χ0n) is 19.6. The van der Waals surface area contributed by atoms with Gasteiger partial charge < -0.3 is 15.5 Å². The monoisotopic (exact) mass is 465 g/mol. The van der Waals surface area contributed by atoms with Crippen molar-refractivity contribution in [1.82, 2.24) is 9.99 Å². The minimum atomic E-state index is -4.65. The van der Waals surface area contributed by atoms with Gasteiger partial charge in [0.05, 0.1) is 17.1 Å². The number of halogens is 3. The molecule has 0 amide bonds. The third-order valence-electron chi connectivity index (χ3n) is 5.68. The van der Waals surface area contributed by atoms with E-state index in [0.29, 0.717) is 17.3 Å². The van der Waals surface area contributed by atoms with Gasteiger partial charge in [0.2, 0.25) is 5.90 Å². The van der Waals surface area contributed by atoms with Crippen LogP contribution in [0, 0.1) is 12.8 Å². The fraction of sp³-hybridized carbons (Fsp3) is 0.500. The number of nitrogens with zero attached hydrogens (tertiary/aromatic N) is 3. The van der Waals surface area contributed by atoms with Crippen molar-refractivity contribution in [3.63, 3.8) is 0 Å². The Labute approximate surface area is 193 Å². The fourth-order valence-corrected chi connectivity index (χ4v) is 3.77. The summed E-state index contributed by atoms with van der Waals surface area (Å²) in [4.78, 5) is 8.09. The Balaban J connectivity index is 2.22. The number of likely N-dealkylation sites (N-methyl/N-ethyl adjacent to an activating group) is 1. The molecule has 2 rings (SSSR count). The quantitative estimate of drug-likeness (QED) is 0.244. The van der Waals surface area contributed by atoms with E-state index < -0.39 is 11.9 Å². The van der Waals surface area contributed by atoms with Crippen molar-refractivity contribution in [2.75, 3.05) is 13.7 Å². The predicted octanol–water partition coefficient (Wildman–Crippen LogP) is 5.01. The third kappa shape index (κ3) is 7.92. The second-order valence-corrected chi connectivity index (χ2v) is 8.30. The summed E-state index contributed by atoms with van der Waals surface area (Å²) in [7, 11) is 1.57. The van der Waals surface area contributed by atoms with Gasteiger partial charge in [-0.1, -0.05) is 50.8 Å². The molecule has 1 aromatic heterocycles. The fourth-order valence-electron chi connectivity index (χ4n) is 3.77. The molecular weight excluding hydrogens is 431 g/mol. The highest BCUT2D eigenvalue weighted by atomic mass is 19.4. The number of hydrazine groups is 1.